The SMILES string of the molecule is Cc1ccc(S(=O)(=O)OCC2(C)OC2CCC(C)(C)O)cc1. The van der Waals surface area contributed by atoms with Gasteiger partial charge in [0.05, 0.1) is 23.2 Å². The third kappa shape index (κ3) is 4.52. The van der Waals surface area contributed by atoms with E-state index in [0.717, 1.165) is 5.56 Å². The number of aliphatic hydroxyl groups is 1. The van der Waals surface area contributed by atoms with Crippen LogP contribution < -0.4 is 0 Å². The van der Waals surface area contributed by atoms with Gasteiger partial charge in [0.1, 0.15) is 5.60 Å². The van der Waals surface area contributed by atoms with Crippen LogP contribution in [0.3, 0.4) is 0 Å². The summed E-state index contributed by atoms with van der Waals surface area (Å²) in [6.45, 7) is 7.19. The van der Waals surface area contributed by atoms with Crippen LogP contribution in [0, 0.1) is 6.92 Å². The Labute approximate surface area is 132 Å². The molecule has 0 radical (unpaired) electrons. The number of hydrogen-bond donors (Lipinski definition) is 1. The van der Waals surface area contributed by atoms with Crippen LogP contribution in [0.2, 0.25) is 0 Å². The quantitative estimate of drug-likeness (QED) is 0.614. The summed E-state index contributed by atoms with van der Waals surface area (Å²) in [5.74, 6) is 0. The lowest BCUT2D eigenvalue weighted by Crippen LogP contribution is -2.24. The van der Waals surface area contributed by atoms with Crippen LogP contribution in [-0.4, -0.2) is 37.4 Å². The van der Waals surface area contributed by atoms with E-state index in [4.69, 9.17) is 8.92 Å². The average Bonchev–Trinajstić information content (AvgIpc) is 3.06. The van der Waals surface area contributed by atoms with Crippen molar-refractivity contribution in [3.63, 3.8) is 0 Å². The van der Waals surface area contributed by atoms with Crippen LogP contribution in [-0.2, 0) is 19.0 Å². The molecule has 1 aromatic carbocycles. The molecule has 0 saturated carbocycles. The molecular formula is C16H24O5S. The predicted octanol–water partition coefficient (Wildman–Crippen LogP) is 2.41. The summed E-state index contributed by atoms with van der Waals surface area (Å²) in [4.78, 5) is 0.149. The zero-order chi connectivity index (χ0) is 16.6. The van der Waals surface area contributed by atoms with Crippen molar-refractivity contribution in [2.24, 2.45) is 0 Å². The molecule has 0 aliphatic carbocycles. The van der Waals surface area contributed by atoms with E-state index < -0.39 is 21.3 Å². The molecule has 22 heavy (non-hydrogen) atoms. The molecule has 6 heteroatoms. The van der Waals surface area contributed by atoms with Crippen molar-refractivity contribution in [2.45, 2.75) is 62.7 Å². The second-order valence-electron chi connectivity index (χ2n) is 6.80. The molecule has 0 spiro atoms. The van der Waals surface area contributed by atoms with Gasteiger partial charge in [-0.2, -0.15) is 8.42 Å². The van der Waals surface area contributed by atoms with Crippen molar-refractivity contribution < 1.29 is 22.4 Å². The summed E-state index contributed by atoms with van der Waals surface area (Å²) >= 11 is 0. The van der Waals surface area contributed by atoms with E-state index in [2.05, 4.69) is 0 Å². The topological polar surface area (TPSA) is 76.1 Å². The minimum atomic E-state index is -3.77. The fourth-order valence-electron chi connectivity index (χ4n) is 2.23. The Bertz CT molecular complexity index is 615. The summed E-state index contributed by atoms with van der Waals surface area (Å²) in [7, 11) is -3.77. The second kappa shape index (κ2) is 5.92. The van der Waals surface area contributed by atoms with Gasteiger partial charge in [-0.15, -0.1) is 0 Å². The highest BCUT2D eigenvalue weighted by molar-refractivity contribution is 7.86. The molecule has 2 unspecified atom stereocenters. The van der Waals surface area contributed by atoms with E-state index in [1.165, 1.54) is 12.1 Å². The first kappa shape index (κ1) is 17.4. The Hall–Kier alpha value is -0.950. The minimum absolute atomic E-state index is 0.0142. The van der Waals surface area contributed by atoms with Crippen molar-refractivity contribution in [1.29, 1.82) is 0 Å². The Morgan fingerprint density at radius 1 is 1.32 bits per heavy atom. The third-order valence-electron chi connectivity index (χ3n) is 3.86. The standard InChI is InChI=1S/C16H24O5S/c1-12-5-7-13(8-6-12)22(18,19)20-11-16(4)14(21-16)9-10-15(2,3)17/h5-8,14,17H,9-11H2,1-4H3. The molecule has 0 aromatic heterocycles. The Balaban J connectivity index is 1.89. The number of aryl methyl sites for hydroxylation is 1. The lowest BCUT2D eigenvalue weighted by Gasteiger charge is -2.16. The van der Waals surface area contributed by atoms with Crippen molar-refractivity contribution >= 4 is 10.1 Å². The molecule has 1 N–H and O–H groups in total. The molecule has 1 heterocycles. The second-order valence-corrected chi connectivity index (χ2v) is 8.41. The molecule has 1 aliphatic rings. The van der Waals surface area contributed by atoms with Gasteiger partial charge in [0.2, 0.25) is 0 Å². The van der Waals surface area contributed by atoms with Crippen molar-refractivity contribution in [3.8, 4) is 0 Å². The van der Waals surface area contributed by atoms with E-state index in [0.29, 0.717) is 12.8 Å². The van der Waals surface area contributed by atoms with Gasteiger partial charge < -0.3 is 9.84 Å². The van der Waals surface area contributed by atoms with Gasteiger partial charge in [-0.25, -0.2) is 0 Å². The van der Waals surface area contributed by atoms with Gasteiger partial charge in [0, 0.05) is 0 Å². The largest absolute Gasteiger partial charge is 0.390 e. The highest BCUT2D eigenvalue weighted by Crippen LogP contribution is 2.41. The molecule has 1 aliphatic heterocycles. The highest BCUT2D eigenvalue weighted by Gasteiger charge is 2.53. The van der Waals surface area contributed by atoms with Crippen LogP contribution in [0.4, 0.5) is 0 Å². The fraction of sp³-hybridized carbons (Fsp3) is 0.625. The molecule has 1 saturated heterocycles. The molecule has 1 aromatic rings. The predicted molar refractivity (Wildman–Crippen MR) is 83.1 cm³/mol. The van der Waals surface area contributed by atoms with Crippen LogP contribution in [0.1, 0.15) is 39.2 Å². The van der Waals surface area contributed by atoms with Crippen LogP contribution in [0.15, 0.2) is 29.2 Å². The maximum Gasteiger partial charge on any atom is 0.297 e. The smallest absolute Gasteiger partial charge is 0.297 e. The molecule has 0 bridgehead atoms. The monoisotopic (exact) mass is 328 g/mol. The Morgan fingerprint density at radius 2 is 1.91 bits per heavy atom. The van der Waals surface area contributed by atoms with Gasteiger partial charge >= 0.3 is 0 Å². The van der Waals surface area contributed by atoms with E-state index in [-0.39, 0.29) is 17.6 Å². The Morgan fingerprint density at radius 3 is 2.45 bits per heavy atom. The zero-order valence-corrected chi connectivity index (χ0v) is 14.3. The van der Waals surface area contributed by atoms with E-state index in [1.807, 2.05) is 13.8 Å². The molecule has 2 atom stereocenters. The van der Waals surface area contributed by atoms with Crippen LogP contribution in [0.25, 0.3) is 0 Å². The van der Waals surface area contributed by atoms with Crippen molar-refractivity contribution in [2.75, 3.05) is 6.61 Å². The van der Waals surface area contributed by atoms with E-state index in [9.17, 15) is 13.5 Å². The summed E-state index contributed by atoms with van der Waals surface area (Å²) in [5, 5.41) is 9.71. The molecule has 0 amide bonds. The molecule has 5 nitrogen and oxygen atoms in total. The van der Waals surface area contributed by atoms with Gasteiger partial charge in [0.25, 0.3) is 10.1 Å². The maximum atomic E-state index is 12.1. The van der Waals surface area contributed by atoms with Gasteiger partial charge in [-0.1, -0.05) is 17.7 Å². The lowest BCUT2D eigenvalue weighted by atomic mass is 9.97. The normalized spacial score (nSPS) is 25.2. The van der Waals surface area contributed by atoms with Crippen LogP contribution >= 0.6 is 0 Å². The summed E-state index contributed by atoms with van der Waals surface area (Å²) in [6.07, 6.45) is 1.19. The minimum Gasteiger partial charge on any atom is -0.390 e. The Kier molecular flexibility index (Phi) is 4.69. The first-order chi connectivity index (χ1) is 10.0. The van der Waals surface area contributed by atoms with Crippen molar-refractivity contribution in [3.05, 3.63) is 29.8 Å². The highest BCUT2D eigenvalue weighted by atomic mass is 32.2. The first-order valence-corrected chi connectivity index (χ1v) is 8.79. The molecular weight excluding hydrogens is 304 g/mol. The first-order valence-electron chi connectivity index (χ1n) is 7.38. The van der Waals surface area contributed by atoms with E-state index >= 15 is 0 Å². The number of hydrogen-bond acceptors (Lipinski definition) is 5. The number of ether oxygens (including phenoxy) is 1. The zero-order valence-electron chi connectivity index (χ0n) is 13.5. The summed E-state index contributed by atoms with van der Waals surface area (Å²) in [5.41, 5.74) is -0.354. The maximum absolute atomic E-state index is 12.1. The average molecular weight is 328 g/mol. The van der Waals surface area contributed by atoms with Gasteiger partial charge in [0.15, 0.2) is 0 Å². The number of benzene rings is 1. The molecule has 1 fully saturated rings. The summed E-state index contributed by atoms with van der Waals surface area (Å²) in [6, 6.07) is 6.54. The number of epoxide rings is 1. The van der Waals surface area contributed by atoms with Crippen LogP contribution in [0.5, 0.6) is 0 Å². The van der Waals surface area contributed by atoms with Gasteiger partial charge in [-0.05, 0) is 52.7 Å². The van der Waals surface area contributed by atoms with Gasteiger partial charge in [-0.3, -0.25) is 4.18 Å². The fourth-order valence-corrected chi connectivity index (χ4v) is 3.23. The number of rotatable bonds is 7. The lowest BCUT2D eigenvalue weighted by molar-refractivity contribution is 0.0663. The third-order valence-corrected chi connectivity index (χ3v) is 5.14. The summed E-state index contributed by atoms with van der Waals surface area (Å²) < 4.78 is 34.9. The molecule has 124 valence electrons. The van der Waals surface area contributed by atoms with Crippen molar-refractivity contribution in [1.82, 2.24) is 0 Å². The molecule has 2 rings (SSSR count). The van der Waals surface area contributed by atoms with E-state index in [1.54, 1.807) is 26.0 Å².